The minimum atomic E-state index is -0.391. The van der Waals surface area contributed by atoms with E-state index < -0.39 is 5.97 Å². The molecule has 1 rings (SSSR count). The van der Waals surface area contributed by atoms with E-state index in [0.29, 0.717) is 36.8 Å². The molecule has 0 spiro atoms. The number of nitrogens with one attached hydrogen (secondary N) is 2. The maximum atomic E-state index is 12.1. The summed E-state index contributed by atoms with van der Waals surface area (Å²) < 4.78 is 10.6. The van der Waals surface area contributed by atoms with Gasteiger partial charge in [-0.3, -0.25) is 20.2 Å². The van der Waals surface area contributed by atoms with Crippen LogP contribution in [0.15, 0.2) is 71.1 Å². The molecule has 9 nitrogen and oxygen atoms in total. The van der Waals surface area contributed by atoms with Gasteiger partial charge >= 0.3 is 5.97 Å². The quantitative estimate of drug-likeness (QED) is 0.137. The number of ether oxygens (including phenoxy) is 2. The van der Waals surface area contributed by atoms with E-state index in [1.165, 1.54) is 7.11 Å². The number of para-hydroxylation sites is 1. The summed E-state index contributed by atoms with van der Waals surface area (Å²) in [6.07, 6.45) is 4.26. The summed E-state index contributed by atoms with van der Waals surface area (Å²) >= 11 is 0. The Bertz CT molecular complexity index is 866. The van der Waals surface area contributed by atoms with Crippen molar-refractivity contribution in [3.05, 3.63) is 66.5 Å². The van der Waals surface area contributed by atoms with E-state index in [-0.39, 0.29) is 6.42 Å². The van der Waals surface area contributed by atoms with E-state index in [9.17, 15) is 4.79 Å². The molecule has 33 heavy (non-hydrogen) atoms. The van der Waals surface area contributed by atoms with E-state index in [1.807, 2.05) is 50.2 Å². The molecule has 1 aromatic rings. The summed E-state index contributed by atoms with van der Waals surface area (Å²) in [5, 5.41) is 7.38. The molecule has 180 valence electrons. The van der Waals surface area contributed by atoms with Crippen molar-refractivity contribution >= 4 is 18.5 Å². The van der Waals surface area contributed by atoms with Gasteiger partial charge in [0.2, 0.25) is 0 Å². The lowest BCUT2D eigenvalue weighted by atomic mass is 10.1. The fourth-order valence-corrected chi connectivity index (χ4v) is 2.87. The second-order valence-corrected chi connectivity index (χ2v) is 6.98. The number of carbonyl (C=O) groups excluding carboxylic acids is 1. The fraction of sp³-hybridized carbons (Fsp3) is 0.375. The number of benzene rings is 1. The number of hydrogen-bond donors (Lipinski definition) is 2. The molecule has 0 fully saturated rings. The summed E-state index contributed by atoms with van der Waals surface area (Å²) in [6, 6.07) is 7.78. The van der Waals surface area contributed by atoms with Crippen LogP contribution in [0.5, 0.6) is 5.75 Å². The van der Waals surface area contributed by atoms with Crippen LogP contribution in [0.25, 0.3) is 0 Å². The number of nitrogens with zero attached hydrogens (tertiary/aromatic N) is 4. The Kier molecular flexibility index (Phi) is 12.7. The average Bonchev–Trinajstić information content (AvgIpc) is 2.82. The Balaban J connectivity index is 3.17. The maximum Gasteiger partial charge on any atom is 0.310 e. The number of methoxy groups -OCH3 is 1. The van der Waals surface area contributed by atoms with Gasteiger partial charge in [-0.1, -0.05) is 44.4 Å². The maximum absolute atomic E-state index is 12.1. The Labute approximate surface area is 197 Å². The van der Waals surface area contributed by atoms with Crippen LogP contribution in [0.3, 0.4) is 0 Å². The minimum Gasteiger partial charge on any atom is -0.489 e. The number of hydrazine groups is 2. The van der Waals surface area contributed by atoms with Crippen molar-refractivity contribution < 1.29 is 14.3 Å². The van der Waals surface area contributed by atoms with Crippen LogP contribution in [0.2, 0.25) is 0 Å². The summed E-state index contributed by atoms with van der Waals surface area (Å²) in [4.78, 5) is 16.6. The molecule has 0 unspecified atom stereocenters. The van der Waals surface area contributed by atoms with E-state index in [2.05, 4.69) is 40.8 Å². The Morgan fingerprint density at radius 3 is 2.61 bits per heavy atom. The second kappa shape index (κ2) is 15.3. The predicted octanol–water partition coefficient (Wildman–Crippen LogP) is 3.40. The van der Waals surface area contributed by atoms with E-state index in [4.69, 9.17) is 9.47 Å². The lowest BCUT2D eigenvalue weighted by Gasteiger charge is -2.33. The molecule has 2 N–H and O–H groups in total. The molecular weight excluding hydrogens is 420 g/mol. The van der Waals surface area contributed by atoms with Gasteiger partial charge in [0.15, 0.2) is 0 Å². The van der Waals surface area contributed by atoms with Crippen LogP contribution in [0.4, 0.5) is 0 Å². The number of hydrazone groups is 1. The molecular formula is C24H36N6O3. The Morgan fingerprint density at radius 1 is 1.27 bits per heavy atom. The highest BCUT2D eigenvalue weighted by atomic mass is 16.5. The monoisotopic (exact) mass is 456 g/mol. The standard InChI is InChI=1S/C24H36N6O3/c1-8-15-26-24(27-25-5)21(17-23(31)32-7)19(4)28-29(6)30(10-3)18-20-13-11-12-14-22(20)33-16-9-2/h9-14,28H,2-3,5,8,15-18H2,1,4,6-7H3,(H,26,27). The first-order valence-corrected chi connectivity index (χ1v) is 10.7. The smallest absolute Gasteiger partial charge is 0.310 e. The molecule has 0 aliphatic carbocycles. The van der Waals surface area contributed by atoms with Crippen LogP contribution in [0, 0.1) is 0 Å². The Hall–Kier alpha value is -3.59. The van der Waals surface area contributed by atoms with Gasteiger partial charge in [0.25, 0.3) is 0 Å². The number of esters is 1. The number of hydrogen-bond acceptors (Lipinski definition) is 8. The third-order valence-corrected chi connectivity index (χ3v) is 4.55. The van der Waals surface area contributed by atoms with Crippen LogP contribution < -0.4 is 15.6 Å². The van der Waals surface area contributed by atoms with E-state index in [1.54, 1.807) is 17.4 Å². The number of amidine groups is 1. The largest absolute Gasteiger partial charge is 0.489 e. The SMILES string of the molecule is C=CCOc1ccccc1CN(C=C)N(C)NC(C)=C(CC(=O)OC)C(=NCCC)NN=C. The zero-order chi connectivity index (χ0) is 24.6. The van der Waals surface area contributed by atoms with Gasteiger partial charge < -0.3 is 14.9 Å². The molecule has 0 amide bonds. The van der Waals surface area contributed by atoms with Crippen molar-refractivity contribution in [2.24, 2.45) is 10.1 Å². The number of rotatable bonds is 15. The van der Waals surface area contributed by atoms with Crippen molar-refractivity contribution in [3.8, 4) is 5.75 Å². The molecule has 0 heterocycles. The zero-order valence-corrected chi connectivity index (χ0v) is 20.1. The zero-order valence-electron chi connectivity index (χ0n) is 20.1. The summed E-state index contributed by atoms with van der Waals surface area (Å²) in [5.74, 6) is 0.841. The summed E-state index contributed by atoms with van der Waals surface area (Å²) in [7, 11) is 3.19. The first-order valence-electron chi connectivity index (χ1n) is 10.7. The van der Waals surface area contributed by atoms with E-state index >= 15 is 0 Å². The predicted molar refractivity (Wildman–Crippen MR) is 133 cm³/mol. The highest BCUT2D eigenvalue weighted by Gasteiger charge is 2.18. The third kappa shape index (κ3) is 9.20. The van der Waals surface area contributed by atoms with Crippen LogP contribution >= 0.6 is 0 Å². The van der Waals surface area contributed by atoms with Gasteiger partial charge in [-0.15, -0.1) is 5.12 Å². The highest BCUT2D eigenvalue weighted by Crippen LogP contribution is 2.21. The summed E-state index contributed by atoms with van der Waals surface area (Å²) in [5.41, 5.74) is 8.36. The molecule has 0 aromatic heterocycles. The fourth-order valence-electron chi connectivity index (χ4n) is 2.87. The van der Waals surface area contributed by atoms with Gasteiger partial charge in [-0.2, -0.15) is 5.10 Å². The molecule has 0 aliphatic heterocycles. The van der Waals surface area contributed by atoms with Crippen molar-refractivity contribution in [2.75, 3.05) is 27.3 Å². The van der Waals surface area contributed by atoms with Crippen molar-refractivity contribution in [1.82, 2.24) is 21.0 Å². The van der Waals surface area contributed by atoms with Crippen molar-refractivity contribution in [2.45, 2.75) is 33.2 Å². The number of allylic oxidation sites excluding steroid dienone is 1. The lowest BCUT2D eigenvalue weighted by Crippen LogP contribution is -2.45. The molecule has 0 aliphatic rings. The summed E-state index contributed by atoms with van der Waals surface area (Å²) in [6.45, 7) is 16.5. The second-order valence-electron chi connectivity index (χ2n) is 6.98. The molecule has 0 saturated heterocycles. The molecule has 0 bridgehead atoms. The topological polar surface area (TPSA) is 90.8 Å². The van der Waals surface area contributed by atoms with Crippen LogP contribution in [0.1, 0.15) is 32.3 Å². The van der Waals surface area contributed by atoms with Gasteiger partial charge in [0.05, 0.1) is 20.1 Å². The third-order valence-electron chi connectivity index (χ3n) is 4.55. The van der Waals surface area contributed by atoms with Gasteiger partial charge in [0.1, 0.15) is 18.2 Å². The highest BCUT2D eigenvalue weighted by molar-refractivity contribution is 6.02. The lowest BCUT2D eigenvalue weighted by molar-refractivity contribution is -0.139. The van der Waals surface area contributed by atoms with Crippen molar-refractivity contribution in [1.29, 1.82) is 0 Å². The minimum absolute atomic E-state index is 0.0144. The van der Waals surface area contributed by atoms with Gasteiger partial charge in [-0.25, -0.2) is 0 Å². The van der Waals surface area contributed by atoms with Crippen LogP contribution in [-0.4, -0.2) is 56.0 Å². The molecule has 9 heteroatoms. The molecule has 0 atom stereocenters. The molecule has 0 saturated carbocycles. The normalized spacial score (nSPS) is 11.8. The Morgan fingerprint density at radius 2 is 2.00 bits per heavy atom. The van der Waals surface area contributed by atoms with E-state index in [0.717, 1.165) is 17.7 Å². The first kappa shape index (κ1) is 27.4. The van der Waals surface area contributed by atoms with Gasteiger partial charge in [0, 0.05) is 43.3 Å². The molecule has 0 radical (unpaired) electrons. The average molecular weight is 457 g/mol. The number of aliphatic imine (C=N–C) groups is 1. The van der Waals surface area contributed by atoms with Crippen LogP contribution in [-0.2, 0) is 16.1 Å². The van der Waals surface area contributed by atoms with Gasteiger partial charge in [-0.05, 0) is 19.4 Å². The molecule has 1 aromatic carbocycles. The first-order chi connectivity index (χ1) is 15.9. The van der Waals surface area contributed by atoms with Crippen molar-refractivity contribution in [3.63, 3.8) is 0 Å². The number of carbonyl (C=O) groups is 1.